The molecule has 0 saturated heterocycles. The fraction of sp³-hybridized carbons (Fsp3) is 0.154. The van der Waals surface area contributed by atoms with Crippen molar-refractivity contribution in [3.8, 4) is 0 Å². The predicted octanol–water partition coefficient (Wildman–Crippen LogP) is 3.94. The van der Waals surface area contributed by atoms with Crippen LogP contribution >= 0.6 is 15.9 Å². The Labute approximate surface area is 102 Å². The van der Waals surface area contributed by atoms with Crippen LogP contribution in [0, 0.1) is 0 Å². The monoisotopic (exact) mass is 278 g/mol. The molecule has 16 heavy (non-hydrogen) atoms. The second kappa shape index (κ2) is 4.66. The molecule has 0 amide bonds. The maximum Gasteiger partial charge on any atom is 0.344 e. The summed E-state index contributed by atoms with van der Waals surface area (Å²) in [7, 11) is 0. The third-order valence-electron chi connectivity index (χ3n) is 2.29. The van der Waals surface area contributed by atoms with Gasteiger partial charge in [-0.1, -0.05) is 31.2 Å². The van der Waals surface area contributed by atoms with Crippen molar-refractivity contribution in [1.29, 1.82) is 0 Å². The normalized spacial score (nSPS) is 12.0. The van der Waals surface area contributed by atoms with Crippen LogP contribution in [0.2, 0.25) is 0 Å². The summed E-state index contributed by atoms with van der Waals surface area (Å²) in [5.41, 5.74) is -0.297. The lowest BCUT2D eigenvalue weighted by molar-refractivity contribution is 0.509. The predicted molar refractivity (Wildman–Crippen MR) is 69.7 cm³/mol. The number of allylic oxidation sites excluding steroid dienone is 1. The van der Waals surface area contributed by atoms with Gasteiger partial charge in [-0.05, 0) is 39.9 Å². The van der Waals surface area contributed by atoms with Gasteiger partial charge in [0.2, 0.25) is 0 Å². The van der Waals surface area contributed by atoms with Crippen molar-refractivity contribution in [2.24, 2.45) is 0 Å². The van der Waals surface area contributed by atoms with E-state index in [1.54, 1.807) is 6.07 Å². The highest BCUT2D eigenvalue weighted by molar-refractivity contribution is 9.15. The van der Waals surface area contributed by atoms with Gasteiger partial charge in [0.15, 0.2) is 0 Å². The largest absolute Gasteiger partial charge is 0.422 e. The van der Waals surface area contributed by atoms with E-state index >= 15 is 0 Å². The summed E-state index contributed by atoms with van der Waals surface area (Å²) < 4.78 is 6.05. The molecule has 82 valence electrons. The van der Waals surface area contributed by atoms with Gasteiger partial charge in [0, 0.05) is 0 Å². The van der Waals surface area contributed by atoms with Crippen LogP contribution in [0.5, 0.6) is 0 Å². The number of hydrogen-bond donors (Lipinski definition) is 0. The van der Waals surface area contributed by atoms with Crippen molar-refractivity contribution in [1.82, 2.24) is 0 Å². The van der Waals surface area contributed by atoms with E-state index in [4.69, 9.17) is 4.42 Å². The number of rotatable bonds is 2. The van der Waals surface area contributed by atoms with Crippen LogP contribution in [-0.2, 0) is 0 Å². The molecule has 0 unspecified atom stereocenters. The van der Waals surface area contributed by atoms with Crippen molar-refractivity contribution in [2.45, 2.75) is 13.3 Å². The summed E-state index contributed by atoms with van der Waals surface area (Å²) in [6.45, 7) is 2.03. The topological polar surface area (TPSA) is 30.2 Å². The first-order valence-electron chi connectivity index (χ1n) is 5.11. The molecule has 1 aromatic carbocycles. The Morgan fingerprint density at radius 2 is 2.19 bits per heavy atom. The van der Waals surface area contributed by atoms with Crippen molar-refractivity contribution in [3.05, 3.63) is 52.6 Å². The summed E-state index contributed by atoms with van der Waals surface area (Å²) in [4.78, 5) is 11.7. The summed E-state index contributed by atoms with van der Waals surface area (Å²) in [6.07, 6.45) is 2.85. The Hall–Kier alpha value is -1.35. The van der Waals surface area contributed by atoms with Gasteiger partial charge in [-0.25, -0.2) is 4.79 Å². The quantitative estimate of drug-likeness (QED) is 0.833. The van der Waals surface area contributed by atoms with Gasteiger partial charge in [0.05, 0.1) is 9.87 Å². The average molecular weight is 279 g/mol. The van der Waals surface area contributed by atoms with E-state index in [-0.39, 0.29) is 5.63 Å². The molecule has 0 fully saturated rings. The molecular weight excluding hydrogens is 268 g/mol. The minimum absolute atomic E-state index is 0.297. The molecule has 0 saturated carbocycles. The van der Waals surface area contributed by atoms with E-state index < -0.39 is 0 Å². The van der Waals surface area contributed by atoms with E-state index in [1.807, 2.05) is 37.3 Å². The lowest BCUT2D eigenvalue weighted by atomic mass is 10.1. The van der Waals surface area contributed by atoms with Crippen LogP contribution in [0.15, 0.2) is 45.6 Å². The Balaban J connectivity index is 2.67. The van der Waals surface area contributed by atoms with Crippen LogP contribution in [0.25, 0.3) is 15.3 Å². The smallest absolute Gasteiger partial charge is 0.344 e. The third-order valence-corrected chi connectivity index (χ3v) is 3.00. The van der Waals surface area contributed by atoms with Gasteiger partial charge in [0.25, 0.3) is 0 Å². The van der Waals surface area contributed by atoms with Gasteiger partial charge in [0.1, 0.15) is 5.76 Å². The standard InChI is InChI=1S/C13H11BrO2/c1-2-5-11(14)12-8-9-6-3-4-7-10(9)13(15)16-12/h3-8H,2H2,1H3/b11-5+. The highest BCUT2D eigenvalue weighted by atomic mass is 79.9. The second-order valence-electron chi connectivity index (χ2n) is 3.45. The van der Waals surface area contributed by atoms with Gasteiger partial charge in [-0.3, -0.25) is 0 Å². The maximum absolute atomic E-state index is 11.7. The van der Waals surface area contributed by atoms with Crippen LogP contribution < -0.4 is 5.63 Å². The fourth-order valence-electron chi connectivity index (χ4n) is 1.53. The van der Waals surface area contributed by atoms with Crippen LogP contribution in [0.3, 0.4) is 0 Å². The van der Waals surface area contributed by atoms with Crippen LogP contribution in [-0.4, -0.2) is 0 Å². The highest BCUT2D eigenvalue weighted by Crippen LogP contribution is 2.23. The van der Waals surface area contributed by atoms with E-state index in [0.29, 0.717) is 11.1 Å². The second-order valence-corrected chi connectivity index (χ2v) is 4.30. The molecule has 0 atom stereocenters. The molecular formula is C13H11BrO2. The summed E-state index contributed by atoms with van der Waals surface area (Å²) in [6, 6.07) is 9.27. The average Bonchev–Trinajstić information content (AvgIpc) is 2.29. The molecule has 0 spiro atoms. The molecule has 0 N–H and O–H groups in total. The van der Waals surface area contributed by atoms with Gasteiger partial charge < -0.3 is 4.42 Å². The zero-order chi connectivity index (χ0) is 11.5. The Morgan fingerprint density at radius 1 is 1.44 bits per heavy atom. The lowest BCUT2D eigenvalue weighted by Crippen LogP contribution is -2.00. The number of benzene rings is 1. The molecule has 2 aromatic rings. The first-order valence-corrected chi connectivity index (χ1v) is 5.90. The summed E-state index contributed by atoms with van der Waals surface area (Å²) >= 11 is 3.39. The molecule has 3 heteroatoms. The van der Waals surface area contributed by atoms with Crippen molar-refractivity contribution < 1.29 is 4.42 Å². The highest BCUT2D eigenvalue weighted by Gasteiger charge is 2.05. The molecule has 0 aliphatic rings. The van der Waals surface area contributed by atoms with E-state index in [1.165, 1.54) is 0 Å². The van der Waals surface area contributed by atoms with Crippen molar-refractivity contribution in [2.75, 3.05) is 0 Å². The Bertz CT molecular complexity index is 596. The fourth-order valence-corrected chi connectivity index (χ4v) is 2.05. The molecule has 1 heterocycles. The number of hydrogen-bond acceptors (Lipinski definition) is 2. The third kappa shape index (κ3) is 2.09. The maximum atomic E-state index is 11.7. The zero-order valence-corrected chi connectivity index (χ0v) is 10.5. The van der Waals surface area contributed by atoms with Crippen LogP contribution in [0.1, 0.15) is 19.1 Å². The minimum Gasteiger partial charge on any atom is -0.422 e. The van der Waals surface area contributed by atoms with Gasteiger partial charge in [-0.2, -0.15) is 0 Å². The SMILES string of the molecule is CC/C=C(/Br)c1cc2ccccc2c(=O)o1. The summed E-state index contributed by atoms with van der Waals surface area (Å²) in [5.74, 6) is 0.575. The minimum atomic E-state index is -0.297. The summed E-state index contributed by atoms with van der Waals surface area (Å²) in [5, 5.41) is 1.51. The van der Waals surface area contributed by atoms with Gasteiger partial charge >= 0.3 is 5.63 Å². The number of fused-ring (bicyclic) bond motifs is 1. The van der Waals surface area contributed by atoms with Crippen molar-refractivity contribution in [3.63, 3.8) is 0 Å². The molecule has 2 rings (SSSR count). The van der Waals surface area contributed by atoms with E-state index in [0.717, 1.165) is 16.3 Å². The first-order chi connectivity index (χ1) is 7.72. The molecule has 0 aliphatic heterocycles. The van der Waals surface area contributed by atoms with E-state index in [9.17, 15) is 4.79 Å². The molecule has 0 aliphatic carbocycles. The van der Waals surface area contributed by atoms with Gasteiger partial charge in [-0.15, -0.1) is 0 Å². The first kappa shape index (κ1) is 11.1. The molecule has 0 bridgehead atoms. The Kier molecular flexibility index (Phi) is 3.25. The van der Waals surface area contributed by atoms with Crippen LogP contribution in [0.4, 0.5) is 0 Å². The molecule has 2 nitrogen and oxygen atoms in total. The van der Waals surface area contributed by atoms with E-state index in [2.05, 4.69) is 15.9 Å². The van der Waals surface area contributed by atoms with Crippen molar-refractivity contribution >= 4 is 31.2 Å². The molecule has 1 aromatic heterocycles. The Morgan fingerprint density at radius 3 is 2.94 bits per heavy atom. The zero-order valence-electron chi connectivity index (χ0n) is 8.87. The lowest BCUT2D eigenvalue weighted by Gasteiger charge is -2.00. The number of halogens is 1. The molecule has 0 radical (unpaired) electrons.